The van der Waals surface area contributed by atoms with Gasteiger partial charge >= 0.3 is 0 Å². The molecule has 0 aliphatic heterocycles. The van der Waals surface area contributed by atoms with Gasteiger partial charge in [0, 0.05) is 10.5 Å². The molecule has 2 amide bonds. The Morgan fingerprint density at radius 1 is 1.33 bits per heavy atom. The van der Waals surface area contributed by atoms with E-state index < -0.39 is 24.8 Å². The summed E-state index contributed by atoms with van der Waals surface area (Å²) in [6.45, 7) is 0.954. The second-order valence-electron chi connectivity index (χ2n) is 4.89. The number of amides is 2. The molecule has 0 radical (unpaired) electrons. The third-order valence-electron chi connectivity index (χ3n) is 3.10. The number of rotatable bonds is 5. The molecule has 1 aromatic carbocycles. The van der Waals surface area contributed by atoms with E-state index in [1.165, 1.54) is 12.1 Å². The molecule has 0 fully saturated rings. The van der Waals surface area contributed by atoms with Crippen LogP contribution in [0.3, 0.4) is 0 Å². The van der Waals surface area contributed by atoms with Gasteiger partial charge < -0.3 is 11.1 Å². The van der Waals surface area contributed by atoms with E-state index in [1.807, 2.05) is 0 Å². The lowest BCUT2D eigenvalue weighted by Gasteiger charge is -2.13. The average molecular weight is 466 g/mol. The van der Waals surface area contributed by atoms with Crippen LogP contribution in [0.4, 0.5) is 14.5 Å². The molecule has 0 unspecified atom stereocenters. The number of carbonyl (C=O) groups excluding carboxylic acids is 2. The van der Waals surface area contributed by atoms with Crippen molar-refractivity contribution >= 4 is 49.4 Å². The number of aromatic nitrogens is 2. The molecule has 0 aliphatic rings. The van der Waals surface area contributed by atoms with Crippen LogP contribution in [0.25, 0.3) is 0 Å². The van der Waals surface area contributed by atoms with Crippen molar-refractivity contribution in [1.29, 1.82) is 0 Å². The van der Waals surface area contributed by atoms with Gasteiger partial charge in [0.2, 0.25) is 0 Å². The normalized spacial score (nSPS) is 10.9. The molecular formula is C14H12Br2F2N4O2. The third-order valence-corrected chi connectivity index (χ3v) is 3.94. The van der Waals surface area contributed by atoms with Crippen LogP contribution in [0.1, 0.15) is 26.4 Å². The minimum absolute atomic E-state index is 0.0695. The monoisotopic (exact) mass is 464 g/mol. The first-order valence-corrected chi connectivity index (χ1v) is 8.20. The van der Waals surface area contributed by atoms with E-state index in [0.717, 1.165) is 4.68 Å². The van der Waals surface area contributed by atoms with Crippen molar-refractivity contribution < 1.29 is 18.4 Å². The van der Waals surface area contributed by atoms with Gasteiger partial charge in [-0.2, -0.15) is 5.10 Å². The summed E-state index contributed by atoms with van der Waals surface area (Å²) >= 11 is 6.30. The minimum Gasteiger partial charge on any atom is -0.366 e. The van der Waals surface area contributed by atoms with Gasteiger partial charge in [0.15, 0.2) is 0 Å². The molecule has 0 spiro atoms. The second kappa shape index (κ2) is 7.39. The number of hydrogen-bond donors (Lipinski definition) is 2. The zero-order valence-corrected chi connectivity index (χ0v) is 15.5. The Hall–Kier alpha value is -1.81. The molecule has 0 saturated carbocycles. The van der Waals surface area contributed by atoms with Gasteiger partial charge in [-0.15, -0.1) is 0 Å². The molecule has 1 heterocycles. The summed E-state index contributed by atoms with van der Waals surface area (Å²) in [5.74, 6) is -1.40. The first kappa shape index (κ1) is 18.5. The first-order valence-electron chi connectivity index (χ1n) is 6.62. The van der Waals surface area contributed by atoms with Crippen molar-refractivity contribution in [1.82, 2.24) is 9.78 Å². The van der Waals surface area contributed by atoms with Crippen LogP contribution in [-0.4, -0.2) is 28.0 Å². The first-order chi connectivity index (χ1) is 11.2. The zero-order valence-electron chi connectivity index (χ0n) is 12.3. The number of primary amides is 1. The molecule has 24 heavy (non-hydrogen) atoms. The highest BCUT2D eigenvalue weighted by Gasteiger charge is 2.20. The topological polar surface area (TPSA) is 90.0 Å². The van der Waals surface area contributed by atoms with Crippen LogP contribution in [0.5, 0.6) is 0 Å². The zero-order chi connectivity index (χ0) is 18.0. The van der Waals surface area contributed by atoms with E-state index in [1.54, 1.807) is 13.0 Å². The summed E-state index contributed by atoms with van der Waals surface area (Å²) in [6.07, 6.45) is -2.67. The lowest BCUT2D eigenvalue weighted by atomic mass is 10.1. The standard InChI is InChI=1S/C14H12Br2F2N4O2/c1-6-2-7(15)3-8(13(19)23)12(6)20-14(24)9-4-10(16)21-22(9)5-11(17)18/h2-4,11H,5H2,1H3,(H2,19,23)(H,20,24). The van der Waals surface area contributed by atoms with Crippen molar-refractivity contribution in [3.05, 3.63) is 44.1 Å². The van der Waals surface area contributed by atoms with Gasteiger partial charge in [0.05, 0.1) is 11.3 Å². The molecule has 2 aromatic rings. The van der Waals surface area contributed by atoms with E-state index in [9.17, 15) is 18.4 Å². The molecule has 6 nitrogen and oxygen atoms in total. The maximum atomic E-state index is 12.6. The molecule has 0 bridgehead atoms. The largest absolute Gasteiger partial charge is 0.366 e. The van der Waals surface area contributed by atoms with Crippen LogP contribution in [0.2, 0.25) is 0 Å². The van der Waals surface area contributed by atoms with Crippen molar-refractivity contribution in [3.63, 3.8) is 0 Å². The number of halogens is 4. The molecule has 2 rings (SSSR count). The van der Waals surface area contributed by atoms with Gasteiger partial charge in [-0.1, -0.05) is 15.9 Å². The van der Waals surface area contributed by atoms with Crippen molar-refractivity contribution in [3.8, 4) is 0 Å². The Bertz CT molecular complexity index is 808. The van der Waals surface area contributed by atoms with Crippen molar-refractivity contribution in [2.24, 2.45) is 5.73 Å². The van der Waals surface area contributed by atoms with Crippen LogP contribution in [0, 0.1) is 6.92 Å². The summed E-state index contributed by atoms with van der Waals surface area (Å²) in [6, 6.07) is 4.47. The summed E-state index contributed by atoms with van der Waals surface area (Å²) < 4.78 is 27.0. The minimum atomic E-state index is -2.67. The third kappa shape index (κ3) is 4.18. The Kier molecular flexibility index (Phi) is 5.70. The van der Waals surface area contributed by atoms with E-state index in [4.69, 9.17) is 5.73 Å². The lowest BCUT2D eigenvalue weighted by molar-refractivity contribution is 0.0988. The number of carbonyl (C=O) groups is 2. The number of benzene rings is 1. The van der Waals surface area contributed by atoms with Gasteiger partial charge in [0.25, 0.3) is 18.2 Å². The quantitative estimate of drug-likeness (QED) is 0.709. The number of aryl methyl sites for hydroxylation is 1. The predicted octanol–water partition coefficient (Wildman–Crippen LogP) is 3.33. The van der Waals surface area contributed by atoms with E-state index >= 15 is 0 Å². The fourth-order valence-corrected chi connectivity index (χ4v) is 3.10. The molecule has 10 heteroatoms. The molecule has 1 aromatic heterocycles. The van der Waals surface area contributed by atoms with Crippen molar-refractivity contribution in [2.75, 3.05) is 5.32 Å². The van der Waals surface area contributed by atoms with E-state index in [-0.39, 0.29) is 21.5 Å². The van der Waals surface area contributed by atoms with Crippen LogP contribution >= 0.6 is 31.9 Å². The smallest absolute Gasteiger partial charge is 0.274 e. The molecule has 3 N–H and O–H groups in total. The summed E-state index contributed by atoms with van der Waals surface area (Å²) in [7, 11) is 0. The van der Waals surface area contributed by atoms with Gasteiger partial charge in [-0.25, -0.2) is 8.78 Å². The summed E-state index contributed by atoms with van der Waals surface area (Å²) in [4.78, 5) is 24.0. The number of anilines is 1. The second-order valence-corrected chi connectivity index (χ2v) is 6.62. The Balaban J connectivity index is 2.39. The maximum Gasteiger partial charge on any atom is 0.274 e. The average Bonchev–Trinajstić information content (AvgIpc) is 2.81. The van der Waals surface area contributed by atoms with Gasteiger partial charge in [-0.05, 0) is 40.5 Å². The van der Waals surface area contributed by atoms with Crippen molar-refractivity contribution in [2.45, 2.75) is 19.9 Å². The number of hydrogen-bond acceptors (Lipinski definition) is 3. The Morgan fingerprint density at radius 3 is 2.58 bits per heavy atom. The molecule has 0 atom stereocenters. The van der Waals surface area contributed by atoms with Crippen LogP contribution < -0.4 is 11.1 Å². The Labute approximate surface area is 152 Å². The highest BCUT2D eigenvalue weighted by molar-refractivity contribution is 9.10. The Morgan fingerprint density at radius 2 is 2.00 bits per heavy atom. The van der Waals surface area contributed by atoms with E-state index in [2.05, 4.69) is 42.3 Å². The summed E-state index contributed by atoms with van der Waals surface area (Å²) in [5.41, 5.74) is 6.18. The summed E-state index contributed by atoms with van der Waals surface area (Å²) in [5, 5.41) is 6.34. The van der Waals surface area contributed by atoms with Gasteiger partial charge in [-0.3, -0.25) is 14.3 Å². The maximum absolute atomic E-state index is 12.6. The molecule has 0 aliphatic carbocycles. The van der Waals surface area contributed by atoms with Gasteiger partial charge in [0.1, 0.15) is 16.8 Å². The number of nitrogens with two attached hydrogens (primary N) is 1. The predicted molar refractivity (Wildman–Crippen MR) is 91.3 cm³/mol. The number of alkyl halides is 2. The fourth-order valence-electron chi connectivity index (χ4n) is 2.12. The number of nitrogens with zero attached hydrogens (tertiary/aromatic N) is 2. The molecule has 0 saturated heterocycles. The SMILES string of the molecule is Cc1cc(Br)cc(C(N)=O)c1NC(=O)c1cc(Br)nn1CC(F)F. The highest BCUT2D eigenvalue weighted by Crippen LogP contribution is 2.26. The fraction of sp³-hybridized carbons (Fsp3) is 0.214. The lowest BCUT2D eigenvalue weighted by Crippen LogP contribution is -2.23. The van der Waals surface area contributed by atoms with Crippen LogP contribution in [0.15, 0.2) is 27.3 Å². The van der Waals surface area contributed by atoms with Crippen LogP contribution in [-0.2, 0) is 6.54 Å². The highest BCUT2D eigenvalue weighted by atomic mass is 79.9. The number of nitrogens with one attached hydrogen (secondary N) is 1. The molecule has 128 valence electrons. The van der Waals surface area contributed by atoms with E-state index in [0.29, 0.717) is 10.0 Å². The molecular weight excluding hydrogens is 454 g/mol.